The minimum atomic E-state index is -0.382. The summed E-state index contributed by atoms with van der Waals surface area (Å²) in [6, 6.07) is 3.76. The Balaban J connectivity index is 2.84. The zero-order chi connectivity index (χ0) is 10.3. The van der Waals surface area contributed by atoms with Gasteiger partial charge in [0.1, 0.15) is 0 Å². The molecular formula is C10H9BrN2O. The number of nitrogens with two attached hydrogens (primary N) is 1. The fourth-order valence-electron chi connectivity index (χ4n) is 1.61. The molecule has 72 valence electrons. The number of aryl methyl sites for hydroxylation is 1. The molecule has 0 aliphatic heterocycles. The van der Waals surface area contributed by atoms with Crippen molar-refractivity contribution in [3.05, 3.63) is 40.1 Å². The predicted octanol–water partition coefficient (Wildman–Crippen LogP) is 2.11. The van der Waals surface area contributed by atoms with Crippen molar-refractivity contribution in [2.75, 3.05) is 0 Å². The maximum Gasteiger partial charge on any atom is 0.251 e. The Morgan fingerprint density at radius 2 is 2.14 bits per heavy atom. The van der Waals surface area contributed by atoms with E-state index in [2.05, 4.69) is 15.9 Å². The minimum absolute atomic E-state index is 0.382. The van der Waals surface area contributed by atoms with E-state index >= 15 is 0 Å². The Hall–Kier alpha value is -1.29. The average molecular weight is 253 g/mol. The second kappa shape index (κ2) is 3.13. The Labute approximate surface area is 89.6 Å². The second-order valence-electron chi connectivity index (χ2n) is 3.19. The number of halogens is 1. The highest BCUT2D eigenvalue weighted by molar-refractivity contribution is 9.10. The summed E-state index contributed by atoms with van der Waals surface area (Å²) in [6.07, 6.45) is 3.79. The van der Waals surface area contributed by atoms with E-state index in [1.807, 2.05) is 35.9 Å². The van der Waals surface area contributed by atoms with Crippen LogP contribution < -0.4 is 5.73 Å². The number of carbonyl (C=O) groups is 1. The molecule has 0 fully saturated rings. The molecule has 2 aromatic rings. The van der Waals surface area contributed by atoms with Gasteiger partial charge in [-0.1, -0.05) is 0 Å². The molecule has 0 aliphatic carbocycles. The van der Waals surface area contributed by atoms with Crippen LogP contribution in [0.3, 0.4) is 0 Å². The van der Waals surface area contributed by atoms with E-state index in [4.69, 9.17) is 5.73 Å². The van der Waals surface area contributed by atoms with Crippen molar-refractivity contribution < 1.29 is 4.79 Å². The maximum absolute atomic E-state index is 11.2. The van der Waals surface area contributed by atoms with Crippen LogP contribution in [0.5, 0.6) is 0 Å². The van der Waals surface area contributed by atoms with Crippen LogP contribution in [0, 0.1) is 6.92 Å². The Morgan fingerprint density at radius 1 is 1.43 bits per heavy atom. The third kappa shape index (κ3) is 1.32. The van der Waals surface area contributed by atoms with Gasteiger partial charge in [-0.15, -0.1) is 0 Å². The van der Waals surface area contributed by atoms with Gasteiger partial charge >= 0.3 is 0 Å². The highest BCUT2D eigenvalue weighted by Gasteiger charge is 2.11. The van der Waals surface area contributed by atoms with Crippen LogP contribution in [-0.2, 0) is 0 Å². The fourth-order valence-corrected chi connectivity index (χ4v) is 1.96. The number of nitrogens with zero attached hydrogens (tertiary/aromatic N) is 1. The van der Waals surface area contributed by atoms with Crippen molar-refractivity contribution in [2.24, 2.45) is 5.73 Å². The van der Waals surface area contributed by atoms with Crippen molar-refractivity contribution in [1.29, 1.82) is 0 Å². The smallest absolute Gasteiger partial charge is 0.251 e. The number of aromatic nitrogens is 1. The molecular weight excluding hydrogens is 244 g/mol. The van der Waals surface area contributed by atoms with Gasteiger partial charge in [0.15, 0.2) is 0 Å². The third-order valence-electron chi connectivity index (χ3n) is 2.17. The molecule has 0 aromatic carbocycles. The van der Waals surface area contributed by atoms with Crippen LogP contribution in [0.25, 0.3) is 5.52 Å². The lowest BCUT2D eigenvalue weighted by atomic mass is 10.2. The van der Waals surface area contributed by atoms with Crippen LogP contribution >= 0.6 is 15.9 Å². The molecule has 0 unspecified atom stereocenters. The van der Waals surface area contributed by atoms with Crippen LogP contribution in [0.15, 0.2) is 29.0 Å². The average Bonchev–Trinajstić information content (AvgIpc) is 2.39. The zero-order valence-corrected chi connectivity index (χ0v) is 9.21. The van der Waals surface area contributed by atoms with Crippen molar-refractivity contribution in [3.63, 3.8) is 0 Å². The van der Waals surface area contributed by atoms with E-state index in [1.54, 1.807) is 0 Å². The number of fused-ring (bicyclic) bond motifs is 1. The summed E-state index contributed by atoms with van der Waals surface area (Å²) in [7, 11) is 0. The lowest BCUT2D eigenvalue weighted by Gasteiger charge is -1.97. The summed E-state index contributed by atoms with van der Waals surface area (Å²) in [5.41, 5.74) is 7.64. The second-order valence-corrected chi connectivity index (χ2v) is 4.11. The number of rotatable bonds is 1. The number of pyridine rings is 1. The Morgan fingerprint density at radius 3 is 2.79 bits per heavy atom. The quantitative estimate of drug-likeness (QED) is 0.831. The number of amides is 1. The topological polar surface area (TPSA) is 47.5 Å². The van der Waals surface area contributed by atoms with Gasteiger partial charge in [-0.25, -0.2) is 0 Å². The zero-order valence-electron chi connectivity index (χ0n) is 7.62. The Kier molecular flexibility index (Phi) is 2.07. The van der Waals surface area contributed by atoms with E-state index in [9.17, 15) is 4.79 Å². The summed E-state index contributed by atoms with van der Waals surface area (Å²) >= 11 is 3.37. The van der Waals surface area contributed by atoms with E-state index in [0.29, 0.717) is 5.56 Å². The van der Waals surface area contributed by atoms with Gasteiger partial charge in [-0.3, -0.25) is 4.79 Å². The molecule has 14 heavy (non-hydrogen) atoms. The van der Waals surface area contributed by atoms with E-state index in [-0.39, 0.29) is 5.91 Å². The number of hydrogen-bond acceptors (Lipinski definition) is 1. The molecule has 0 atom stereocenters. The van der Waals surface area contributed by atoms with E-state index in [1.165, 1.54) is 0 Å². The number of hydrogen-bond donors (Lipinski definition) is 1. The minimum Gasteiger partial charge on any atom is -0.366 e. The maximum atomic E-state index is 11.2. The molecule has 0 spiro atoms. The molecule has 0 bridgehead atoms. The highest BCUT2D eigenvalue weighted by atomic mass is 79.9. The van der Waals surface area contributed by atoms with Gasteiger partial charge in [-0.2, -0.15) is 0 Å². The fraction of sp³-hybridized carbons (Fsp3) is 0.100. The van der Waals surface area contributed by atoms with Crippen LogP contribution in [-0.4, -0.2) is 10.3 Å². The molecule has 3 nitrogen and oxygen atoms in total. The first kappa shape index (κ1) is 9.27. The standard InChI is InChI=1S/C10H9BrN2O/c1-6-4-13-5-7(11)2-3-8(13)9(6)10(12)14/h2-5H,1H3,(H2,12,14). The first-order valence-electron chi connectivity index (χ1n) is 4.16. The molecule has 0 radical (unpaired) electrons. The lowest BCUT2D eigenvalue weighted by Crippen LogP contribution is -2.11. The van der Waals surface area contributed by atoms with Gasteiger partial charge in [0.25, 0.3) is 5.91 Å². The summed E-state index contributed by atoms with van der Waals surface area (Å²) < 4.78 is 2.86. The van der Waals surface area contributed by atoms with Crippen molar-refractivity contribution in [2.45, 2.75) is 6.92 Å². The van der Waals surface area contributed by atoms with Crippen molar-refractivity contribution in [1.82, 2.24) is 4.40 Å². The summed E-state index contributed by atoms with van der Waals surface area (Å²) in [4.78, 5) is 11.2. The molecule has 0 saturated carbocycles. The van der Waals surface area contributed by atoms with Crippen molar-refractivity contribution >= 4 is 27.4 Å². The van der Waals surface area contributed by atoms with Crippen LogP contribution in [0.4, 0.5) is 0 Å². The molecule has 1 amide bonds. The monoisotopic (exact) mass is 252 g/mol. The van der Waals surface area contributed by atoms with Crippen LogP contribution in [0.2, 0.25) is 0 Å². The molecule has 0 aliphatic rings. The Bertz CT molecular complexity index is 516. The molecule has 4 heteroatoms. The van der Waals surface area contributed by atoms with Gasteiger partial charge in [0.2, 0.25) is 0 Å². The number of primary amides is 1. The predicted molar refractivity (Wildman–Crippen MR) is 58.4 cm³/mol. The SMILES string of the molecule is Cc1cn2cc(Br)ccc2c1C(N)=O. The summed E-state index contributed by atoms with van der Waals surface area (Å²) in [6.45, 7) is 1.88. The van der Waals surface area contributed by atoms with E-state index < -0.39 is 0 Å². The normalized spacial score (nSPS) is 10.7. The van der Waals surface area contributed by atoms with Gasteiger partial charge in [-0.05, 0) is 40.5 Å². The molecule has 2 aromatic heterocycles. The first-order valence-corrected chi connectivity index (χ1v) is 4.95. The van der Waals surface area contributed by atoms with Gasteiger partial charge in [0, 0.05) is 16.9 Å². The van der Waals surface area contributed by atoms with Crippen molar-refractivity contribution in [3.8, 4) is 0 Å². The molecule has 2 rings (SSSR count). The molecule has 2 N–H and O–H groups in total. The van der Waals surface area contributed by atoms with Crippen LogP contribution in [0.1, 0.15) is 15.9 Å². The summed E-state index contributed by atoms with van der Waals surface area (Å²) in [5.74, 6) is -0.382. The third-order valence-corrected chi connectivity index (χ3v) is 2.64. The largest absolute Gasteiger partial charge is 0.366 e. The van der Waals surface area contributed by atoms with Gasteiger partial charge in [0.05, 0.1) is 11.1 Å². The summed E-state index contributed by atoms with van der Waals surface area (Å²) in [5, 5.41) is 0. The lowest BCUT2D eigenvalue weighted by molar-refractivity contribution is 0.100. The first-order chi connectivity index (χ1) is 6.59. The molecule has 0 saturated heterocycles. The highest BCUT2D eigenvalue weighted by Crippen LogP contribution is 2.20. The van der Waals surface area contributed by atoms with Gasteiger partial charge < -0.3 is 10.1 Å². The number of carbonyl (C=O) groups excluding carboxylic acids is 1. The van der Waals surface area contributed by atoms with E-state index in [0.717, 1.165) is 15.6 Å². The molecule has 2 heterocycles.